The summed E-state index contributed by atoms with van der Waals surface area (Å²) < 4.78 is 85.0. The zero-order chi connectivity index (χ0) is 33.9. The maximum Gasteiger partial charge on any atom is 0.433 e. The molecule has 4 aliphatic rings. The summed E-state index contributed by atoms with van der Waals surface area (Å²) in [5.41, 5.74) is -1.10. The van der Waals surface area contributed by atoms with Crippen molar-refractivity contribution in [2.24, 2.45) is 0 Å². The number of rotatable bonds is 6. The number of aromatic nitrogens is 2. The molecule has 0 unspecified atom stereocenters. The van der Waals surface area contributed by atoms with E-state index >= 15 is 0 Å². The topological polar surface area (TPSA) is 147 Å². The monoisotopic (exact) mass is 683 g/mol. The lowest BCUT2D eigenvalue weighted by Gasteiger charge is -2.41. The lowest BCUT2D eigenvalue weighted by molar-refractivity contribution is -0.141. The molecule has 6 rings (SSSR count). The first kappa shape index (κ1) is 33.0. The third-order valence-electron chi connectivity index (χ3n) is 8.22. The first-order valence-electron chi connectivity index (χ1n) is 15.1. The van der Waals surface area contributed by atoms with Crippen molar-refractivity contribution in [2.75, 3.05) is 62.2 Å². The number of nitrogens with one attached hydrogen (secondary N) is 1. The number of sulfonamides is 1. The summed E-state index contributed by atoms with van der Waals surface area (Å²) in [6.07, 6.45) is -6.18. The number of anilines is 2. The Morgan fingerprint density at radius 2 is 1.79 bits per heavy atom. The Balaban J connectivity index is 1.07. The highest BCUT2D eigenvalue weighted by molar-refractivity contribution is 7.89. The Hall–Kier alpha value is -3.90. The summed E-state index contributed by atoms with van der Waals surface area (Å²) in [6.45, 7) is 8.68. The van der Waals surface area contributed by atoms with Crippen molar-refractivity contribution in [1.29, 1.82) is 0 Å². The van der Waals surface area contributed by atoms with E-state index in [9.17, 15) is 31.2 Å². The van der Waals surface area contributed by atoms with Crippen LogP contribution in [-0.2, 0) is 25.7 Å². The predicted molar refractivity (Wildman–Crippen MR) is 161 cm³/mol. The fourth-order valence-electron chi connectivity index (χ4n) is 5.98. The van der Waals surface area contributed by atoms with E-state index in [1.165, 1.54) is 39.2 Å². The minimum Gasteiger partial charge on any atom is -0.489 e. The Morgan fingerprint density at radius 1 is 1.09 bits per heavy atom. The fraction of sp³-hybridized carbons (Fsp3) is 0.586. The lowest BCUT2D eigenvalue weighted by Crippen LogP contribution is -2.62. The molecule has 3 saturated heterocycles. The number of alkyl halides is 3. The molecule has 3 fully saturated rings. The van der Waals surface area contributed by atoms with Gasteiger partial charge in [0, 0.05) is 57.6 Å². The van der Waals surface area contributed by atoms with Crippen molar-refractivity contribution in [1.82, 2.24) is 24.5 Å². The number of alkyl carbamates (subject to hydrolysis) is 1. The highest BCUT2D eigenvalue weighted by Crippen LogP contribution is 2.41. The predicted octanol–water partition coefficient (Wildman–Crippen LogP) is 2.61. The Labute approximate surface area is 269 Å². The van der Waals surface area contributed by atoms with Gasteiger partial charge in [0.1, 0.15) is 35.8 Å². The molecule has 0 radical (unpaired) electrons. The van der Waals surface area contributed by atoms with Gasteiger partial charge in [-0.25, -0.2) is 28.0 Å². The van der Waals surface area contributed by atoms with Crippen LogP contribution < -0.4 is 19.9 Å². The Morgan fingerprint density at radius 3 is 2.45 bits per heavy atom. The first-order chi connectivity index (χ1) is 22.0. The zero-order valence-electron chi connectivity index (χ0n) is 26.3. The molecule has 1 N–H and O–H groups in total. The van der Waals surface area contributed by atoms with Gasteiger partial charge in [0.05, 0.1) is 16.6 Å². The van der Waals surface area contributed by atoms with E-state index in [2.05, 4.69) is 20.2 Å². The third kappa shape index (κ3) is 6.89. The van der Waals surface area contributed by atoms with E-state index in [1.807, 2.05) is 0 Å². The largest absolute Gasteiger partial charge is 0.489 e. The smallest absolute Gasteiger partial charge is 0.433 e. The number of benzene rings is 1. The summed E-state index contributed by atoms with van der Waals surface area (Å²) in [4.78, 5) is 37.7. The van der Waals surface area contributed by atoms with E-state index < -0.39 is 51.8 Å². The number of piperazine rings is 1. The van der Waals surface area contributed by atoms with E-state index in [0.717, 1.165) is 6.07 Å². The number of nitrogens with zero attached hydrogens (tertiary/aromatic N) is 6. The second-order valence-corrected chi connectivity index (χ2v) is 14.9. The molecule has 256 valence electrons. The van der Waals surface area contributed by atoms with E-state index in [-0.39, 0.29) is 61.1 Å². The van der Waals surface area contributed by atoms with Crippen LogP contribution in [-0.4, -0.2) is 116 Å². The highest BCUT2D eigenvalue weighted by Gasteiger charge is 2.48. The number of carbonyl (C=O) groups excluding carboxylic acids is 2. The molecular formula is C29H36F3N7O7S. The molecule has 18 heteroatoms. The number of cyclic esters (lactones) is 1. The van der Waals surface area contributed by atoms with Crippen molar-refractivity contribution < 1.29 is 45.4 Å². The summed E-state index contributed by atoms with van der Waals surface area (Å²) in [5, 5.41) is 2.82. The van der Waals surface area contributed by atoms with Gasteiger partial charge in [-0.2, -0.15) is 17.5 Å². The van der Waals surface area contributed by atoms with Gasteiger partial charge >= 0.3 is 18.4 Å². The molecule has 2 aromatic rings. The van der Waals surface area contributed by atoms with Gasteiger partial charge in [0.15, 0.2) is 0 Å². The molecule has 14 nitrogen and oxygen atoms in total. The molecule has 0 saturated carbocycles. The number of aryl methyl sites for hydroxylation is 1. The quantitative estimate of drug-likeness (QED) is 0.480. The molecule has 0 spiro atoms. The average Bonchev–Trinajstić information content (AvgIpc) is 3.29. The average molecular weight is 684 g/mol. The standard InChI is InChI=1S/C29H36F3N7O7S/c1-17-11-24(29(30,31)32)35-25(33-17)37-7-9-38(10-8-37)47(42,43)19-5-6-20-22(12-19)44-16-21-23(45-27(41)39(20)21)15-36-13-18(14-36)34-26(40)46-28(2,3)4/h5-6,11-12,18,21,23H,7-10,13-16H2,1-4H3,(H,34,40)/t21-,23+/m0/s1. The minimum atomic E-state index is -4.63. The summed E-state index contributed by atoms with van der Waals surface area (Å²) in [7, 11) is -4.00. The highest BCUT2D eigenvalue weighted by atomic mass is 32.2. The first-order valence-corrected chi connectivity index (χ1v) is 16.6. The van der Waals surface area contributed by atoms with Crippen LogP contribution in [0, 0.1) is 6.92 Å². The van der Waals surface area contributed by atoms with Crippen molar-refractivity contribution in [3.05, 3.63) is 35.7 Å². The molecule has 2 amide bonds. The number of hydrogen-bond donors (Lipinski definition) is 1. The van der Waals surface area contributed by atoms with Crippen LogP contribution in [0.15, 0.2) is 29.2 Å². The SMILES string of the molecule is Cc1cc(C(F)(F)F)nc(N2CCN(S(=O)(=O)c3ccc4c(c3)OC[C@H]3[C@@H](CN5CC(NC(=O)OC(C)(C)C)C5)OC(=O)N43)CC2)n1. The number of hydrogen-bond acceptors (Lipinski definition) is 11. The summed E-state index contributed by atoms with van der Waals surface area (Å²) >= 11 is 0. The molecule has 1 aromatic carbocycles. The Bertz CT molecular complexity index is 1660. The molecule has 1 aromatic heterocycles. The van der Waals surface area contributed by atoms with Crippen LogP contribution in [0.4, 0.5) is 34.4 Å². The van der Waals surface area contributed by atoms with E-state index in [4.69, 9.17) is 14.2 Å². The molecular weight excluding hydrogens is 647 g/mol. The summed E-state index contributed by atoms with van der Waals surface area (Å²) in [6, 6.07) is 4.64. The Kier molecular flexibility index (Phi) is 8.40. The van der Waals surface area contributed by atoms with Gasteiger partial charge in [-0.3, -0.25) is 9.80 Å². The van der Waals surface area contributed by atoms with Gasteiger partial charge in [0.2, 0.25) is 16.0 Å². The normalized spacial score (nSPS) is 22.6. The fourth-order valence-corrected chi connectivity index (χ4v) is 7.42. The van der Waals surface area contributed by atoms with Gasteiger partial charge in [-0.15, -0.1) is 0 Å². The number of likely N-dealkylation sites (tertiary alicyclic amines) is 1. The summed E-state index contributed by atoms with van der Waals surface area (Å²) in [5.74, 6) is 0.116. The second-order valence-electron chi connectivity index (χ2n) is 12.9. The van der Waals surface area contributed by atoms with E-state index in [1.54, 1.807) is 20.8 Å². The van der Waals surface area contributed by atoms with Gasteiger partial charge < -0.3 is 24.4 Å². The van der Waals surface area contributed by atoms with E-state index in [0.29, 0.717) is 25.3 Å². The number of amides is 2. The van der Waals surface area contributed by atoms with Crippen molar-refractivity contribution >= 4 is 33.8 Å². The zero-order valence-corrected chi connectivity index (χ0v) is 27.1. The molecule has 2 atom stereocenters. The third-order valence-corrected chi connectivity index (χ3v) is 10.1. The lowest BCUT2D eigenvalue weighted by atomic mass is 10.0. The van der Waals surface area contributed by atoms with Crippen LogP contribution in [0.5, 0.6) is 5.75 Å². The molecule has 5 heterocycles. The van der Waals surface area contributed by atoms with Crippen molar-refractivity contribution in [3.63, 3.8) is 0 Å². The van der Waals surface area contributed by atoms with Crippen LogP contribution in [0.25, 0.3) is 0 Å². The number of carbonyl (C=O) groups is 2. The van der Waals surface area contributed by atoms with Crippen LogP contribution in [0.1, 0.15) is 32.2 Å². The molecule has 0 bridgehead atoms. The van der Waals surface area contributed by atoms with Crippen molar-refractivity contribution in [3.8, 4) is 5.75 Å². The second kappa shape index (κ2) is 12.0. The van der Waals surface area contributed by atoms with Gasteiger partial charge in [0.25, 0.3) is 0 Å². The van der Waals surface area contributed by atoms with Crippen molar-refractivity contribution in [2.45, 2.75) is 62.6 Å². The van der Waals surface area contributed by atoms with Crippen LogP contribution in [0.2, 0.25) is 0 Å². The number of fused-ring (bicyclic) bond motifs is 3. The number of halogens is 3. The molecule has 4 aliphatic heterocycles. The minimum absolute atomic E-state index is 0.00574. The van der Waals surface area contributed by atoms with Gasteiger partial charge in [-0.1, -0.05) is 0 Å². The molecule has 47 heavy (non-hydrogen) atoms. The van der Waals surface area contributed by atoms with Crippen LogP contribution >= 0.6 is 0 Å². The van der Waals surface area contributed by atoms with Crippen LogP contribution in [0.3, 0.4) is 0 Å². The molecule has 0 aliphatic carbocycles. The van der Waals surface area contributed by atoms with Gasteiger partial charge in [-0.05, 0) is 45.9 Å². The maximum absolute atomic E-state index is 13.5. The maximum atomic E-state index is 13.5. The number of ether oxygens (including phenoxy) is 3.